The second-order valence-electron chi connectivity index (χ2n) is 5.99. The number of hydrogen-bond donors (Lipinski definition) is 1. The number of aryl methyl sites for hydroxylation is 1. The summed E-state index contributed by atoms with van der Waals surface area (Å²) in [5.41, 5.74) is 2.86. The molecule has 1 aliphatic heterocycles. The van der Waals surface area contributed by atoms with Crippen molar-refractivity contribution >= 4 is 0 Å². The largest absolute Gasteiger partial charge is 0.389 e. The van der Waals surface area contributed by atoms with Crippen LogP contribution in [-0.2, 0) is 31.4 Å². The third-order valence-electron chi connectivity index (χ3n) is 4.18. The molecule has 0 unspecified atom stereocenters. The summed E-state index contributed by atoms with van der Waals surface area (Å²) in [6, 6.07) is 6.52. The Hall–Kier alpha value is -1.76. The Morgan fingerprint density at radius 2 is 2.22 bits per heavy atom. The number of nitrogens with zero attached hydrogens (tertiary/aromatic N) is 3. The molecule has 0 amide bonds. The van der Waals surface area contributed by atoms with Gasteiger partial charge in [-0.05, 0) is 6.07 Å². The quantitative estimate of drug-likeness (QED) is 0.876. The zero-order valence-corrected chi connectivity index (χ0v) is 13.3. The lowest BCUT2D eigenvalue weighted by Gasteiger charge is -2.28. The first-order valence-electron chi connectivity index (χ1n) is 7.84. The molecule has 0 bridgehead atoms. The molecule has 5 nitrogen and oxygen atoms in total. The first kappa shape index (κ1) is 16.1. The molecule has 1 N–H and O–H groups in total. The van der Waals surface area contributed by atoms with E-state index in [0.29, 0.717) is 12.1 Å². The van der Waals surface area contributed by atoms with Crippen molar-refractivity contribution in [1.29, 1.82) is 0 Å². The van der Waals surface area contributed by atoms with E-state index in [-0.39, 0.29) is 19.0 Å². The van der Waals surface area contributed by atoms with Gasteiger partial charge in [-0.15, -0.1) is 0 Å². The minimum absolute atomic E-state index is 0.175. The lowest BCUT2D eigenvalue weighted by molar-refractivity contribution is 0.00671. The van der Waals surface area contributed by atoms with Crippen LogP contribution in [0.3, 0.4) is 0 Å². The SMILES string of the molecule is Cn1cnc2c1CCN(C[C@@H](O)COCc1ccccc1F)C2. The summed E-state index contributed by atoms with van der Waals surface area (Å²) in [7, 11) is 2.01. The maximum atomic E-state index is 13.5. The topological polar surface area (TPSA) is 50.5 Å². The molecule has 1 aromatic carbocycles. The van der Waals surface area contributed by atoms with E-state index in [9.17, 15) is 9.50 Å². The molecule has 3 rings (SSSR count). The van der Waals surface area contributed by atoms with E-state index in [0.717, 1.165) is 25.2 Å². The van der Waals surface area contributed by atoms with E-state index in [1.165, 1.54) is 11.8 Å². The highest BCUT2D eigenvalue weighted by molar-refractivity contribution is 5.17. The van der Waals surface area contributed by atoms with Crippen molar-refractivity contribution in [2.75, 3.05) is 19.7 Å². The lowest BCUT2D eigenvalue weighted by atomic mass is 10.1. The van der Waals surface area contributed by atoms with Gasteiger partial charge in [-0.25, -0.2) is 9.37 Å². The van der Waals surface area contributed by atoms with Gasteiger partial charge in [0.15, 0.2) is 0 Å². The summed E-state index contributed by atoms with van der Waals surface area (Å²) in [6.07, 6.45) is 2.18. The van der Waals surface area contributed by atoms with E-state index in [2.05, 4.69) is 14.5 Å². The van der Waals surface area contributed by atoms with E-state index >= 15 is 0 Å². The number of imidazole rings is 1. The van der Waals surface area contributed by atoms with E-state index in [1.807, 2.05) is 13.4 Å². The van der Waals surface area contributed by atoms with E-state index in [1.54, 1.807) is 18.2 Å². The van der Waals surface area contributed by atoms with Crippen LogP contribution in [0.1, 0.15) is 17.0 Å². The number of β-amino-alcohol motifs (C(OH)–C–C–N with tert-alkyl or cyclic N) is 1. The maximum absolute atomic E-state index is 13.5. The van der Waals surface area contributed by atoms with Crippen molar-refractivity contribution in [2.24, 2.45) is 7.05 Å². The Morgan fingerprint density at radius 3 is 3.04 bits per heavy atom. The van der Waals surface area contributed by atoms with Gasteiger partial charge in [0, 0.05) is 44.4 Å². The van der Waals surface area contributed by atoms with Gasteiger partial charge in [-0.2, -0.15) is 0 Å². The lowest BCUT2D eigenvalue weighted by Crippen LogP contribution is -2.38. The van der Waals surface area contributed by atoms with Crippen LogP contribution >= 0.6 is 0 Å². The molecule has 0 radical (unpaired) electrons. The maximum Gasteiger partial charge on any atom is 0.128 e. The van der Waals surface area contributed by atoms with Gasteiger partial charge in [0.05, 0.1) is 31.3 Å². The monoisotopic (exact) mass is 319 g/mol. The third kappa shape index (κ3) is 3.96. The third-order valence-corrected chi connectivity index (χ3v) is 4.18. The van der Waals surface area contributed by atoms with Crippen LogP contribution in [-0.4, -0.2) is 45.4 Å². The molecule has 0 aliphatic carbocycles. The Kier molecular flexibility index (Phi) is 5.05. The van der Waals surface area contributed by atoms with Crippen molar-refractivity contribution in [3.05, 3.63) is 53.4 Å². The zero-order valence-electron chi connectivity index (χ0n) is 13.3. The second kappa shape index (κ2) is 7.21. The van der Waals surface area contributed by atoms with Crippen LogP contribution < -0.4 is 0 Å². The van der Waals surface area contributed by atoms with Crippen LogP contribution in [0.25, 0.3) is 0 Å². The molecule has 0 saturated carbocycles. The molecule has 1 aromatic heterocycles. The normalized spacial score (nSPS) is 16.3. The van der Waals surface area contributed by atoms with Gasteiger partial charge < -0.3 is 14.4 Å². The molecule has 2 heterocycles. The van der Waals surface area contributed by atoms with Crippen molar-refractivity contribution in [1.82, 2.24) is 14.5 Å². The zero-order chi connectivity index (χ0) is 16.2. The number of hydrogen-bond acceptors (Lipinski definition) is 4. The summed E-state index contributed by atoms with van der Waals surface area (Å²) < 4.78 is 21.0. The van der Waals surface area contributed by atoms with Gasteiger partial charge >= 0.3 is 0 Å². The second-order valence-corrected chi connectivity index (χ2v) is 5.99. The van der Waals surface area contributed by atoms with Crippen LogP contribution in [0.5, 0.6) is 0 Å². The first-order chi connectivity index (χ1) is 11.1. The first-order valence-corrected chi connectivity index (χ1v) is 7.84. The molecule has 0 spiro atoms. The van der Waals surface area contributed by atoms with Gasteiger partial charge in [-0.3, -0.25) is 4.90 Å². The van der Waals surface area contributed by atoms with Crippen LogP contribution in [0, 0.1) is 5.82 Å². The van der Waals surface area contributed by atoms with Crippen LogP contribution in [0.4, 0.5) is 4.39 Å². The summed E-state index contributed by atoms with van der Waals surface area (Å²) in [6.45, 7) is 2.55. The molecule has 23 heavy (non-hydrogen) atoms. The Bertz CT molecular complexity index is 659. The number of ether oxygens (including phenoxy) is 1. The number of aliphatic hydroxyl groups is 1. The number of fused-ring (bicyclic) bond motifs is 1. The minimum Gasteiger partial charge on any atom is -0.389 e. The number of benzene rings is 1. The number of halogens is 1. The molecule has 6 heteroatoms. The van der Waals surface area contributed by atoms with Crippen LogP contribution in [0.15, 0.2) is 30.6 Å². The summed E-state index contributed by atoms with van der Waals surface area (Å²) >= 11 is 0. The average molecular weight is 319 g/mol. The fourth-order valence-corrected chi connectivity index (χ4v) is 2.94. The van der Waals surface area contributed by atoms with Crippen molar-refractivity contribution in [2.45, 2.75) is 25.7 Å². The van der Waals surface area contributed by atoms with Gasteiger partial charge in [0.1, 0.15) is 5.82 Å². The Balaban J connectivity index is 1.43. The standard InChI is InChI=1S/C17H22FN3O2/c1-20-12-19-16-9-21(7-6-17(16)20)8-14(22)11-23-10-13-4-2-3-5-15(13)18/h2-5,12,14,22H,6-11H2,1H3/t14-/m1/s1. The van der Waals surface area contributed by atoms with Gasteiger partial charge in [0.2, 0.25) is 0 Å². The van der Waals surface area contributed by atoms with Gasteiger partial charge in [-0.1, -0.05) is 18.2 Å². The van der Waals surface area contributed by atoms with Crippen molar-refractivity contribution in [3.8, 4) is 0 Å². The molecular weight excluding hydrogens is 297 g/mol. The van der Waals surface area contributed by atoms with E-state index in [4.69, 9.17) is 4.74 Å². The fraction of sp³-hybridized carbons (Fsp3) is 0.471. The predicted octanol–water partition coefficient (Wildman–Crippen LogP) is 1.49. The minimum atomic E-state index is -0.591. The molecule has 0 saturated heterocycles. The molecule has 124 valence electrons. The number of rotatable bonds is 6. The fourth-order valence-electron chi connectivity index (χ4n) is 2.94. The molecule has 0 fully saturated rings. The summed E-state index contributed by atoms with van der Waals surface area (Å²) in [5, 5.41) is 10.1. The number of aromatic nitrogens is 2. The highest BCUT2D eigenvalue weighted by Gasteiger charge is 2.21. The van der Waals surface area contributed by atoms with E-state index < -0.39 is 6.10 Å². The average Bonchev–Trinajstić information content (AvgIpc) is 2.90. The van der Waals surface area contributed by atoms with Crippen molar-refractivity contribution < 1.29 is 14.2 Å². The van der Waals surface area contributed by atoms with Crippen molar-refractivity contribution in [3.63, 3.8) is 0 Å². The summed E-state index contributed by atoms with van der Waals surface area (Å²) in [5.74, 6) is -0.277. The summed E-state index contributed by atoms with van der Waals surface area (Å²) in [4.78, 5) is 6.57. The predicted molar refractivity (Wildman–Crippen MR) is 84.3 cm³/mol. The highest BCUT2D eigenvalue weighted by Crippen LogP contribution is 2.17. The smallest absolute Gasteiger partial charge is 0.128 e. The number of aliphatic hydroxyl groups excluding tert-OH is 1. The van der Waals surface area contributed by atoms with Gasteiger partial charge in [0.25, 0.3) is 0 Å². The molecular formula is C17H22FN3O2. The molecule has 2 aromatic rings. The van der Waals surface area contributed by atoms with Crippen LogP contribution in [0.2, 0.25) is 0 Å². The Labute approximate surface area is 135 Å². The highest BCUT2D eigenvalue weighted by atomic mass is 19.1. The molecule has 1 aliphatic rings. The molecule has 1 atom stereocenters. The Morgan fingerprint density at radius 1 is 1.39 bits per heavy atom.